The Balaban J connectivity index is 2.52. The van der Waals surface area contributed by atoms with E-state index >= 15 is 0 Å². The normalized spacial score (nSPS) is 10.6. The van der Waals surface area contributed by atoms with Crippen molar-refractivity contribution in [1.29, 1.82) is 0 Å². The minimum Gasteiger partial charge on any atom is -0.373 e. The van der Waals surface area contributed by atoms with Crippen molar-refractivity contribution in [1.82, 2.24) is 4.90 Å². The van der Waals surface area contributed by atoms with Crippen molar-refractivity contribution in [3.63, 3.8) is 0 Å². The van der Waals surface area contributed by atoms with Crippen LogP contribution >= 0.6 is 0 Å². The van der Waals surface area contributed by atoms with Gasteiger partial charge in [0, 0.05) is 25.8 Å². The molecule has 0 radical (unpaired) electrons. The lowest BCUT2D eigenvalue weighted by Crippen LogP contribution is -2.28. The van der Waals surface area contributed by atoms with Crippen LogP contribution in [0.3, 0.4) is 0 Å². The molecule has 1 aromatic carbocycles. The number of benzene rings is 1. The lowest BCUT2D eigenvalue weighted by molar-refractivity contribution is 0.416. The molecule has 0 aliphatic heterocycles. The fourth-order valence-electron chi connectivity index (χ4n) is 1.28. The van der Waals surface area contributed by atoms with Crippen LogP contribution in [0, 0.1) is 6.92 Å². The largest absolute Gasteiger partial charge is 0.373 e. The summed E-state index contributed by atoms with van der Waals surface area (Å²) in [5.41, 5.74) is 2.60. The van der Waals surface area contributed by atoms with E-state index in [1.807, 2.05) is 0 Å². The molecule has 2 heteroatoms. The zero-order valence-corrected chi connectivity index (χ0v) is 9.62. The van der Waals surface area contributed by atoms with E-state index in [1.54, 1.807) is 0 Å². The highest BCUT2D eigenvalue weighted by Gasteiger charge is 2.00. The van der Waals surface area contributed by atoms with Crippen LogP contribution in [0.4, 0.5) is 5.69 Å². The fourth-order valence-corrected chi connectivity index (χ4v) is 1.28. The van der Waals surface area contributed by atoms with E-state index < -0.39 is 0 Å². The molecule has 0 amide bonds. The highest BCUT2D eigenvalue weighted by molar-refractivity contribution is 5.46. The van der Waals surface area contributed by atoms with Crippen LogP contribution < -0.4 is 4.90 Å². The summed E-state index contributed by atoms with van der Waals surface area (Å²) in [6, 6.07) is 8.65. The molecule has 0 saturated heterocycles. The van der Waals surface area contributed by atoms with Crippen molar-refractivity contribution in [3.05, 3.63) is 29.8 Å². The van der Waals surface area contributed by atoms with Crippen molar-refractivity contribution < 1.29 is 0 Å². The van der Waals surface area contributed by atoms with Gasteiger partial charge in [-0.25, -0.2) is 0 Å². The summed E-state index contributed by atoms with van der Waals surface area (Å²) < 4.78 is 0. The second kappa shape index (κ2) is 5.01. The van der Waals surface area contributed by atoms with Gasteiger partial charge in [-0.3, -0.25) is 0 Å². The first-order chi connectivity index (χ1) is 6.59. The molecule has 78 valence electrons. The van der Waals surface area contributed by atoms with Crippen LogP contribution in [-0.2, 0) is 0 Å². The Kier molecular flexibility index (Phi) is 3.96. The molecule has 0 atom stereocenters. The number of nitrogens with zero attached hydrogens (tertiary/aromatic N) is 2. The Morgan fingerprint density at radius 2 is 1.50 bits per heavy atom. The van der Waals surface area contributed by atoms with E-state index in [2.05, 4.69) is 62.1 Å². The fraction of sp³-hybridized carbons (Fsp3) is 0.500. The molecule has 0 N–H and O–H groups in total. The molecule has 1 rings (SSSR count). The Morgan fingerprint density at radius 1 is 0.929 bits per heavy atom. The van der Waals surface area contributed by atoms with Gasteiger partial charge in [-0.1, -0.05) is 17.7 Å². The first-order valence-electron chi connectivity index (χ1n) is 5.02. The third kappa shape index (κ3) is 3.38. The van der Waals surface area contributed by atoms with E-state index in [-0.39, 0.29) is 0 Å². The van der Waals surface area contributed by atoms with Crippen molar-refractivity contribution in [2.24, 2.45) is 0 Å². The first-order valence-corrected chi connectivity index (χ1v) is 5.02. The first kappa shape index (κ1) is 11.1. The summed E-state index contributed by atoms with van der Waals surface area (Å²) >= 11 is 0. The van der Waals surface area contributed by atoms with Crippen LogP contribution in [0.2, 0.25) is 0 Å². The van der Waals surface area contributed by atoms with Gasteiger partial charge in [0.25, 0.3) is 0 Å². The maximum Gasteiger partial charge on any atom is 0.0364 e. The topological polar surface area (TPSA) is 6.48 Å². The maximum atomic E-state index is 2.28. The third-order valence-electron chi connectivity index (χ3n) is 2.36. The molecule has 0 heterocycles. The molecule has 0 saturated carbocycles. The lowest BCUT2D eigenvalue weighted by atomic mass is 10.2. The standard InChI is InChI=1S/C12H20N2/c1-11-5-7-12(8-6-11)14(4)10-9-13(2)3/h5-8H,9-10H2,1-4H3. The minimum absolute atomic E-state index is 1.07. The molecule has 0 spiro atoms. The van der Waals surface area contributed by atoms with Crippen LogP contribution in [0.5, 0.6) is 0 Å². The molecular weight excluding hydrogens is 172 g/mol. The second-order valence-corrected chi connectivity index (χ2v) is 4.06. The molecule has 0 aromatic heterocycles. The zero-order chi connectivity index (χ0) is 10.6. The summed E-state index contributed by atoms with van der Waals surface area (Å²) in [5.74, 6) is 0. The van der Waals surface area contributed by atoms with Crippen molar-refractivity contribution in [2.75, 3.05) is 39.1 Å². The monoisotopic (exact) mass is 192 g/mol. The van der Waals surface area contributed by atoms with Crippen LogP contribution in [-0.4, -0.2) is 39.1 Å². The molecule has 2 nitrogen and oxygen atoms in total. The molecular formula is C12H20N2. The average molecular weight is 192 g/mol. The molecule has 0 aliphatic carbocycles. The summed E-state index contributed by atoms with van der Waals surface area (Å²) in [7, 11) is 6.33. The van der Waals surface area contributed by atoms with E-state index in [0.717, 1.165) is 13.1 Å². The summed E-state index contributed by atoms with van der Waals surface area (Å²) in [6.45, 7) is 4.27. The smallest absolute Gasteiger partial charge is 0.0364 e. The van der Waals surface area contributed by atoms with Crippen molar-refractivity contribution in [3.8, 4) is 0 Å². The molecule has 0 unspecified atom stereocenters. The van der Waals surface area contributed by atoms with E-state index in [0.29, 0.717) is 0 Å². The highest BCUT2D eigenvalue weighted by Crippen LogP contribution is 2.12. The van der Waals surface area contributed by atoms with Crippen LogP contribution in [0.25, 0.3) is 0 Å². The highest BCUT2D eigenvalue weighted by atomic mass is 15.1. The average Bonchev–Trinajstić information content (AvgIpc) is 2.15. The SMILES string of the molecule is Cc1ccc(N(C)CCN(C)C)cc1. The van der Waals surface area contributed by atoms with E-state index in [1.165, 1.54) is 11.3 Å². The van der Waals surface area contributed by atoms with Gasteiger partial charge in [-0.15, -0.1) is 0 Å². The Labute approximate surface area is 87.1 Å². The number of aryl methyl sites for hydroxylation is 1. The molecule has 0 bridgehead atoms. The van der Waals surface area contributed by atoms with Gasteiger partial charge in [0.15, 0.2) is 0 Å². The number of hydrogen-bond acceptors (Lipinski definition) is 2. The Morgan fingerprint density at radius 3 is 2.00 bits per heavy atom. The van der Waals surface area contributed by atoms with E-state index in [4.69, 9.17) is 0 Å². The quantitative estimate of drug-likeness (QED) is 0.720. The van der Waals surface area contributed by atoms with Gasteiger partial charge in [0.05, 0.1) is 0 Å². The van der Waals surface area contributed by atoms with Crippen LogP contribution in [0.1, 0.15) is 5.56 Å². The predicted molar refractivity (Wildman–Crippen MR) is 63.0 cm³/mol. The minimum atomic E-state index is 1.07. The lowest BCUT2D eigenvalue weighted by Gasteiger charge is -2.21. The third-order valence-corrected chi connectivity index (χ3v) is 2.36. The molecule has 14 heavy (non-hydrogen) atoms. The number of hydrogen-bond donors (Lipinski definition) is 0. The van der Waals surface area contributed by atoms with Gasteiger partial charge in [-0.2, -0.15) is 0 Å². The Bertz CT molecular complexity index is 264. The molecule has 0 aliphatic rings. The number of rotatable bonds is 4. The van der Waals surface area contributed by atoms with Gasteiger partial charge in [0.2, 0.25) is 0 Å². The molecule has 0 fully saturated rings. The van der Waals surface area contributed by atoms with Crippen LogP contribution in [0.15, 0.2) is 24.3 Å². The molecule has 1 aromatic rings. The zero-order valence-electron chi connectivity index (χ0n) is 9.62. The second-order valence-electron chi connectivity index (χ2n) is 4.06. The number of likely N-dealkylation sites (N-methyl/N-ethyl adjacent to an activating group) is 2. The van der Waals surface area contributed by atoms with E-state index in [9.17, 15) is 0 Å². The van der Waals surface area contributed by atoms with Crippen molar-refractivity contribution in [2.45, 2.75) is 6.92 Å². The van der Waals surface area contributed by atoms with Gasteiger partial charge >= 0.3 is 0 Å². The summed E-state index contributed by atoms with van der Waals surface area (Å²) in [5, 5.41) is 0. The maximum absolute atomic E-state index is 2.28. The van der Waals surface area contributed by atoms with Gasteiger partial charge in [-0.05, 0) is 33.2 Å². The van der Waals surface area contributed by atoms with Gasteiger partial charge in [0.1, 0.15) is 0 Å². The van der Waals surface area contributed by atoms with Gasteiger partial charge < -0.3 is 9.80 Å². The summed E-state index contributed by atoms with van der Waals surface area (Å²) in [4.78, 5) is 4.48. The van der Waals surface area contributed by atoms with Crippen molar-refractivity contribution >= 4 is 5.69 Å². The predicted octanol–water partition coefficient (Wildman–Crippen LogP) is 1.99. The summed E-state index contributed by atoms with van der Waals surface area (Å²) in [6.07, 6.45) is 0. The Hall–Kier alpha value is -1.02. The number of anilines is 1.